The van der Waals surface area contributed by atoms with E-state index in [1.165, 1.54) is 18.2 Å². The van der Waals surface area contributed by atoms with E-state index in [1.54, 1.807) is 6.92 Å². The van der Waals surface area contributed by atoms with Gasteiger partial charge in [-0.15, -0.1) is 0 Å². The second-order valence-electron chi connectivity index (χ2n) is 12.7. The Balaban J connectivity index is 1.57. The van der Waals surface area contributed by atoms with Crippen LogP contribution >= 0.6 is 0 Å². The number of rotatable bonds is 6. The fraction of sp³-hybridized carbons (Fsp3) is 0.793. The molecule has 5 rings (SSSR count). The summed E-state index contributed by atoms with van der Waals surface area (Å²) in [6, 6.07) is 0. The number of allylic oxidation sites excluding steroid dienone is 4. The Morgan fingerprint density at radius 1 is 1.22 bits per heavy atom. The molecule has 4 nitrogen and oxygen atoms in total. The van der Waals surface area contributed by atoms with E-state index in [0.717, 1.165) is 19.4 Å². The highest BCUT2D eigenvalue weighted by molar-refractivity contribution is 6.01. The molecule has 0 bridgehead atoms. The van der Waals surface area contributed by atoms with Crippen molar-refractivity contribution in [2.24, 2.45) is 39.9 Å². The van der Waals surface area contributed by atoms with Crippen molar-refractivity contribution in [2.45, 2.75) is 77.7 Å². The number of Topliss-reactive ketones (excluding diaryl/α,β-unsaturated/α-hetero) is 1. The highest BCUT2D eigenvalue weighted by Crippen LogP contribution is 2.74. The number of carbonyl (C=O) groups excluding carboxylic acids is 2. The van der Waals surface area contributed by atoms with Crippen LogP contribution in [0.5, 0.6) is 0 Å². The number of fused-ring (bicyclic) bond motifs is 7. The van der Waals surface area contributed by atoms with Crippen LogP contribution < -0.4 is 0 Å². The second kappa shape index (κ2) is 8.52. The SMILES string of the molecule is CCC(CC)CN1C[C@@H]2C[C@H]3[C@@H]4C[C@H](F)C5=CC(=O)C=C[C@]5(C)[C@@]4(F)[C@@H](O)C[C@]3(C)[C@]2(C(=O)CF)C1. The van der Waals surface area contributed by atoms with Crippen LogP contribution in [0.2, 0.25) is 0 Å². The summed E-state index contributed by atoms with van der Waals surface area (Å²) in [5.41, 5.74) is -5.37. The Labute approximate surface area is 212 Å². The monoisotopic (exact) mass is 507 g/mol. The molecule has 36 heavy (non-hydrogen) atoms. The lowest BCUT2D eigenvalue weighted by Gasteiger charge is -2.63. The molecular formula is C29H40F3NO3. The molecule has 1 aliphatic heterocycles. The molecule has 7 heteroatoms. The zero-order valence-electron chi connectivity index (χ0n) is 21.9. The Hall–Kier alpha value is -1.47. The van der Waals surface area contributed by atoms with Gasteiger partial charge in [-0.3, -0.25) is 9.59 Å². The highest BCUT2D eigenvalue weighted by Gasteiger charge is 2.78. The number of hydrogen-bond acceptors (Lipinski definition) is 4. The van der Waals surface area contributed by atoms with Gasteiger partial charge in [0.05, 0.1) is 11.5 Å². The lowest BCUT2D eigenvalue weighted by atomic mass is 9.43. The lowest BCUT2D eigenvalue weighted by Crippen LogP contribution is -2.69. The maximum Gasteiger partial charge on any atom is 0.178 e. The molecule has 1 N–H and O–H groups in total. The van der Waals surface area contributed by atoms with Crippen LogP contribution in [0.3, 0.4) is 0 Å². The molecule has 0 aromatic rings. The molecule has 0 aromatic heterocycles. The van der Waals surface area contributed by atoms with Crippen LogP contribution in [0.4, 0.5) is 13.2 Å². The van der Waals surface area contributed by atoms with E-state index in [1.807, 2.05) is 6.92 Å². The molecule has 1 heterocycles. The van der Waals surface area contributed by atoms with Crippen LogP contribution in [-0.2, 0) is 9.59 Å². The van der Waals surface area contributed by atoms with E-state index in [4.69, 9.17) is 0 Å². The molecule has 5 aliphatic rings. The molecule has 200 valence electrons. The van der Waals surface area contributed by atoms with E-state index in [-0.39, 0.29) is 36.0 Å². The summed E-state index contributed by atoms with van der Waals surface area (Å²) in [6.07, 6.45) is 3.38. The van der Waals surface area contributed by atoms with Gasteiger partial charge in [-0.1, -0.05) is 39.7 Å². The molecule has 4 aliphatic carbocycles. The van der Waals surface area contributed by atoms with Gasteiger partial charge in [0.1, 0.15) is 12.8 Å². The van der Waals surface area contributed by atoms with Crippen LogP contribution in [-0.4, -0.2) is 65.8 Å². The van der Waals surface area contributed by atoms with E-state index in [2.05, 4.69) is 18.7 Å². The van der Waals surface area contributed by atoms with E-state index >= 15 is 8.78 Å². The molecule has 0 unspecified atom stereocenters. The van der Waals surface area contributed by atoms with Gasteiger partial charge in [-0.25, -0.2) is 13.2 Å². The number of aliphatic hydroxyl groups excluding tert-OH is 1. The first-order chi connectivity index (χ1) is 16.9. The fourth-order valence-corrected chi connectivity index (χ4v) is 9.55. The van der Waals surface area contributed by atoms with Crippen LogP contribution in [0.1, 0.15) is 59.8 Å². The Kier molecular flexibility index (Phi) is 6.19. The number of aliphatic hydroxyl groups is 1. The van der Waals surface area contributed by atoms with Gasteiger partial charge in [0.25, 0.3) is 0 Å². The maximum atomic E-state index is 17.4. The van der Waals surface area contributed by atoms with Crippen molar-refractivity contribution in [1.29, 1.82) is 0 Å². The third-order valence-electron chi connectivity index (χ3n) is 11.5. The number of nitrogens with zero attached hydrogens (tertiary/aromatic N) is 1. The Bertz CT molecular complexity index is 1010. The lowest BCUT2D eigenvalue weighted by molar-refractivity contribution is -0.211. The zero-order valence-corrected chi connectivity index (χ0v) is 21.9. The normalized spacial score (nSPS) is 47.9. The predicted octanol–water partition coefficient (Wildman–Crippen LogP) is 4.81. The quantitative estimate of drug-likeness (QED) is 0.561. The van der Waals surface area contributed by atoms with Gasteiger partial charge in [-0.05, 0) is 67.1 Å². The minimum atomic E-state index is -2.17. The van der Waals surface area contributed by atoms with Crippen LogP contribution in [0.25, 0.3) is 0 Å². The summed E-state index contributed by atoms with van der Waals surface area (Å²) < 4.78 is 47.2. The van der Waals surface area contributed by atoms with Gasteiger partial charge >= 0.3 is 0 Å². The summed E-state index contributed by atoms with van der Waals surface area (Å²) in [7, 11) is 0. The summed E-state index contributed by atoms with van der Waals surface area (Å²) in [6.45, 7) is 8.62. The van der Waals surface area contributed by atoms with Gasteiger partial charge in [0.15, 0.2) is 17.2 Å². The maximum absolute atomic E-state index is 17.4. The van der Waals surface area contributed by atoms with Gasteiger partial charge in [0, 0.05) is 31.0 Å². The van der Waals surface area contributed by atoms with Crippen LogP contribution in [0, 0.1) is 39.9 Å². The predicted molar refractivity (Wildman–Crippen MR) is 131 cm³/mol. The largest absolute Gasteiger partial charge is 0.390 e. The fourth-order valence-electron chi connectivity index (χ4n) is 9.55. The summed E-state index contributed by atoms with van der Waals surface area (Å²) in [5, 5.41) is 11.5. The average Bonchev–Trinajstić information content (AvgIpc) is 3.32. The topological polar surface area (TPSA) is 57.6 Å². The van der Waals surface area contributed by atoms with Gasteiger partial charge < -0.3 is 10.0 Å². The Morgan fingerprint density at radius 2 is 1.92 bits per heavy atom. The summed E-state index contributed by atoms with van der Waals surface area (Å²) in [5.74, 6) is -1.68. The van der Waals surface area contributed by atoms with Gasteiger partial charge in [0.2, 0.25) is 0 Å². The number of alkyl halides is 3. The zero-order chi connectivity index (χ0) is 26.3. The minimum Gasteiger partial charge on any atom is -0.390 e. The molecule has 0 spiro atoms. The third kappa shape index (κ3) is 3.08. The summed E-state index contributed by atoms with van der Waals surface area (Å²) in [4.78, 5) is 27.8. The van der Waals surface area contributed by atoms with Crippen molar-refractivity contribution < 1.29 is 27.9 Å². The number of ketones is 2. The standard InChI is InChI=1S/C29H40F3NO3/c1-5-17(6-2)14-33-15-18-9-20-21-11-23(31)22-10-19(34)7-8-26(22,3)29(21,32)24(35)12-27(20,4)28(18,16-33)25(36)13-30/h7-8,10,17-18,20-21,23-24,35H,5-6,9,11-16H2,1-4H3/t18-,20-,21-,23-,24-,26-,27-,28+,29-/m0/s1. The van der Waals surface area contributed by atoms with E-state index < -0.39 is 52.6 Å². The summed E-state index contributed by atoms with van der Waals surface area (Å²) >= 11 is 0. The average molecular weight is 508 g/mol. The molecule has 4 fully saturated rings. The molecule has 0 radical (unpaired) electrons. The Morgan fingerprint density at radius 3 is 2.56 bits per heavy atom. The number of likely N-dealkylation sites (tertiary alicyclic amines) is 1. The number of carbonyl (C=O) groups is 2. The molecule has 0 amide bonds. The second-order valence-corrected chi connectivity index (χ2v) is 12.7. The molecule has 3 saturated carbocycles. The number of halogens is 3. The smallest absolute Gasteiger partial charge is 0.178 e. The minimum absolute atomic E-state index is 0.0212. The van der Waals surface area contributed by atoms with Crippen molar-refractivity contribution >= 4 is 11.6 Å². The first-order valence-corrected chi connectivity index (χ1v) is 13.7. The third-order valence-corrected chi connectivity index (χ3v) is 11.5. The van der Waals surface area contributed by atoms with Crippen molar-refractivity contribution in [2.75, 3.05) is 26.3 Å². The molecule has 1 saturated heterocycles. The highest BCUT2D eigenvalue weighted by atomic mass is 19.1. The van der Waals surface area contributed by atoms with Crippen molar-refractivity contribution in [3.8, 4) is 0 Å². The molecule has 9 atom stereocenters. The molecular weight excluding hydrogens is 467 g/mol. The van der Waals surface area contributed by atoms with Crippen molar-refractivity contribution in [3.05, 3.63) is 23.8 Å². The van der Waals surface area contributed by atoms with Crippen LogP contribution in [0.15, 0.2) is 23.8 Å². The van der Waals surface area contributed by atoms with Crippen molar-refractivity contribution in [3.63, 3.8) is 0 Å². The first kappa shape index (κ1) is 26.1. The van der Waals surface area contributed by atoms with Crippen molar-refractivity contribution in [1.82, 2.24) is 4.90 Å². The van der Waals surface area contributed by atoms with E-state index in [0.29, 0.717) is 25.4 Å². The molecule has 0 aromatic carbocycles. The van der Waals surface area contributed by atoms with E-state index in [9.17, 15) is 19.1 Å². The van der Waals surface area contributed by atoms with Gasteiger partial charge in [-0.2, -0.15) is 0 Å². The number of hydrogen-bond donors (Lipinski definition) is 1. The first-order valence-electron chi connectivity index (χ1n) is 13.7.